The monoisotopic (exact) mass is 660 g/mol. The quantitative estimate of drug-likeness (QED) is 0.128. The molecule has 3 atom stereocenters. The van der Waals surface area contributed by atoms with E-state index in [1.807, 2.05) is 97.1 Å². The second-order valence-electron chi connectivity index (χ2n) is 13.2. The first-order valence-electron chi connectivity index (χ1n) is 16.8. The summed E-state index contributed by atoms with van der Waals surface area (Å²) < 4.78 is 11.0. The molecule has 2 N–H and O–H groups in total. The summed E-state index contributed by atoms with van der Waals surface area (Å²) in [6.07, 6.45) is 4.29. The van der Waals surface area contributed by atoms with Crippen molar-refractivity contribution < 1.29 is 23.9 Å². The molecule has 0 aromatic heterocycles. The molecule has 0 fully saturated rings. The normalized spacial score (nSPS) is 13.3. The zero-order chi connectivity index (χ0) is 35.2. The van der Waals surface area contributed by atoms with Crippen LogP contribution in [0.5, 0.6) is 0 Å². The number of aryl methyl sites for hydroxylation is 1. The number of carbonyl (C=O) groups is 3. The molecule has 0 saturated carbocycles. The van der Waals surface area contributed by atoms with Crippen molar-refractivity contribution in [2.24, 2.45) is 5.92 Å². The van der Waals surface area contributed by atoms with E-state index in [-0.39, 0.29) is 31.8 Å². The van der Waals surface area contributed by atoms with Crippen LogP contribution in [0.1, 0.15) is 61.9 Å². The molecule has 0 aliphatic rings. The third kappa shape index (κ3) is 11.9. The fraction of sp³-hybridized carbons (Fsp3) is 0.310. The number of nitrogens with one attached hydrogen (secondary N) is 2. The van der Waals surface area contributed by atoms with Crippen LogP contribution in [0.4, 0.5) is 0 Å². The predicted octanol–water partition coefficient (Wildman–Crippen LogP) is 7.64. The van der Waals surface area contributed by atoms with Gasteiger partial charge in [0.1, 0.15) is 11.6 Å². The van der Waals surface area contributed by atoms with E-state index in [4.69, 9.17) is 9.47 Å². The number of ether oxygens (including phenoxy) is 2. The molecule has 0 bridgehead atoms. The van der Waals surface area contributed by atoms with Crippen LogP contribution in [-0.2, 0) is 30.3 Å². The summed E-state index contributed by atoms with van der Waals surface area (Å²) in [4.78, 5) is 40.8. The first-order valence-corrected chi connectivity index (χ1v) is 16.8. The Hall–Kier alpha value is -5.01. The van der Waals surface area contributed by atoms with Gasteiger partial charge in [0.05, 0.1) is 25.0 Å². The van der Waals surface area contributed by atoms with Gasteiger partial charge in [0, 0.05) is 13.5 Å². The van der Waals surface area contributed by atoms with Crippen molar-refractivity contribution in [3.8, 4) is 11.1 Å². The second kappa shape index (κ2) is 17.9. The summed E-state index contributed by atoms with van der Waals surface area (Å²) in [5.74, 6) is -1.97. The van der Waals surface area contributed by atoms with Crippen LogP contribution in [0.2, 0.25) is 0 Å². The minimum Gasteiger partial charge on any atom is -0.460 e. The van der Waals surface area contributed by atoms with Crippen LogP contribution in [-0.4, -0.2) is 43.1 Å². The van der Waals surface area contributed by atoms with Crippen LogP contribution in [0.15, 0.2) is 115 Å². The van der Waals surface area contributed by atoms with Gasteiger partial charge in [-0.2, -0.15) is 0 Å². The van der Waals surface area contributed by atoms with E-state index >= 15 is 0 Å². The van der Waals surface area contributed by atoms with E-state index in [9.17, 15) is 14.4 Å². The first-order chi connectivity index (χ1) is 23.5. The van der Waals surface area contributed by atoms with E-state index in [1.165, 1.54) is 0 Å². The maximum absolute atomic E-state index is 14.0. The molecule has 0 saturated heterocycles. The molecule has 49 heavy (non-hydrogen) atoms. The summed E-state index contributed by atoms with van der Waals surface area (Å²) in [6, 6.07) is 34.2. The number of methoxy groups -OCH3 is 1. The van der Waals surface area contributed by atoms with E-state index in [0.717, 1.165) is 33.4 Å². The van der Waals surface area contributed by atoms with Crippen molar-refractivity contribution in [1.82, 2.24) is 10.6 Å². The van der Waals surface area contributed by atoms with Crippen LogP contribution < -0.4 is 10.6 Å². The Balaban J connectivity index is 1.55. The fourth-order valence-electron chi connectivity index (χ4n) is 5.66. The van der Waals surface area contributed by atoms with Crippen molar-refractivity contribution in [2.75, 3.05) is 13.7 Å². The standard InChI is InChI=1S/C42H48N2O5/c1-30-26-32(24-25-36(30)33-19-11-7-12-20-33)18-15-23-35(28-39(45)49-42(2,3)4)40(46)43-37(27-31-16-9-6-10-17-31)41(47)44-38(29-48-5)34-21-13-8-14-22-34/h6-22,24-26,35,37-38H,23,27-29H2,1-5H3,(H,43,46)(H,44,47)/b18-15+/t35-,37+,38-/m1/s1. The van der Waals surface area contributed by atoms with Crippen molar-refractivity contribution in [1.29, 1.82) is 0 Å². The van der Waals surface area contributed by atoms with Gasteiger partial charge in [0.2, 0.25) is 11.8 Å². The van der Waals surface area contributed by atoms with Crippen molar-refractivity contribution in [2.45, 2.75) is 64.6 Å². The number of amides is 2. The maximum Gasteiger partial charge on any atom is 0.307 e. The van der Waals surface area contributed by atoms with Gasteiger partial charge in [-0.1, -0.05) is 121 Å². The Morgan fingerprint density at radius 1 is 0.796 bits per heavy atom. The molecule has 0 aliphatic carbocycles. The van der Waals surface area contributed by atoms with Gasteiger partial charge in [-0.3, -0.25) is 14.4 Å². The topological polar surface area (TPSA) is 93.7 Å². The van der Waals surface area contributed by atoms with Crippen molar-refractivity contribution in [3.63, 3.8) is 0 Å². The highest BCUT2D eigenvalue weighted by Crippen LogP contribution is 2.25. The van der Waals surface area contributed by atoms with Crippen molar-refractivity contribution in [3.05, 3.63) is 138 Å². The predicted molar refractivity (Wildman–Crippen MR) is 195 cm³/mol. The Bertz CT molecular complexity index is 1680. The van der Waals surface area contributed by atoms with E-state index in [0.29, 0.717) is 0 Å². The zero-order valence-corrected chi connectivity index (χ0v) is 29.1. The number of hydrogen-bond acceptors (Lipinski definition) is 5. The number of allylic oxidation sites excluding steroid dienone is 1. The molecule has 4 aromatic rings. The lowest BCUT2D eigenvalue weighted by Gasteiger charge is -2.26. The highest BCUT2D eigenvalue weighted by atomic mass is 16.6. The molecule has 4 rings (SSSR count). The highest BCUT2D eigenvalue weighted by molar-refractivity contribution is 5.90. The molecule has 7 nitrogen and oxygen atoms in total. The van der Waals surface area contributed by atoms with Gasteiger partial charge >= 0.3 is 5.97 Å². The number of carbonyl (C=O) groups excluding carboxylic acids is 3. The first kappa shape index (κ1) is 36.8. The summed E-state index contributed by atoms with van der Waals surface area (Å²) >= 11 is 0. The SMILES string of the molecule is COC[C@@H](NC(=O)[C@H](Cc1ccccc1)NC(=O)[C@H](C/C=C/c1ccc(-c2ccccc2)c(C)c1)CC(=O)OC(C)(C)C)c1ccccc1. The lowest BCUT2D eigenvalue weighted by atomic mass is 9.96. The average molecular weight is 661 g/mol. The number of benzene rings is 4. The second-order valence-corrected chi connectivity index (χ2v) is 13.2. The summed E-state index contributed by atoms with van der Waals surface area (Å²) in [5.41, 5.74) is 5.51. The number of hydrogen-bond donors (Lipinski definition) is 2. The molecule has 4 aromatic carbocycles. The molecule has 0 spiro atoms. The third-order valence-electron chi connectivity index (χ3n) is 8.04. The smallest absolute Gasteiger partial charge is 0.307 e. The third-order valence-corrected chi connectivity index (χ3v) is 8.04. The van der Waals surface area contributed by atoms with Crippen LogP contribution in [0, 0.1) is 12.8 Å². The lowest BCUT2D eigenvalue weighted by molar-refractivity contribution is -0.157. The van der Waals surface area contributed by atoms with Gasteiger partial charge in [0.25, 0.3) is 0 Å². The van der Waals surface area contributed by atoms with Crippen LogP contribution in [0.3, 0.4) is 0 Å². The van der Waals surface area contributed by atoms with Gasteiger partial charge in [0.15, 0.2) is 0 Å². The Labute approximate surface area is 290 Å². The van der Waals surface area contributed by atoms with Crippen LogP contribution in [0.25, 0.3) is 17.2 Å². The minimum atomic E-state index is -0.892. The molecule has 7 heteroatoms. The maximum atomic E-state index is 14.0. The largest absolute Gasteiger partial charge is 0.460 e. The molecule has 2 amide bonds. The molecular formula is C42H48N2O5. The van der Waals surface area contributed by atoms with Crippen LogP contribution >= 0.6 is 0 Å². The van der Waals surface area contributed by atoms with E-state index < -0.39 is 35.5 Å². The molecular weight excluding hydrogens is 612 g/mol. The molecule has 0 radical (unpaired) electrons. The molecule has 0 aliphatic heterocycles. The minimum absolute atomic E-state index is 0.130. The van der Waals surface area contributed by atoms with Crippen molar-refractivity contribution >= 4 is 23.9 Å². The Kier molecular flexibility index (Phi) is 13.5. The number of rotatable bonds is 15. The Morgan fingerprint density at radius 3 is 2.04 bits per heavy atom. The molecule has 0 heterocycles. The number of esters is 1. The van der Waals surface area contributed by atoms with E-state index in [2.05, 4.69) is 41.8 Å². The summed E-state index contributed by atoms with van der Waals surface area (Å²) in [6.45, 7) is 7.73. The van der Waals surface area contributed by atoms with Gasteiger partial charge in [-0.15, -0.1) is 0 Å². The lowest BCUT2D eigenvalue weighted by Crippen LogP contribution is -2.51. The zero-order valence-electron chi connectivity index (χ0n) is 29.1. The van der Waals surface area contributed by atoms with Gasteiger partial charge in [-0.05, 0) is 67.5 Å². The Morgan fingerprint density at radius 2 is 1.43 bits per heavy atom. The summed E-state index contributed by atoms with van der Waals surface area (Å²) in [5, 5.41) is 6.06. The molecule has 256 valence electrons. The average Bonchev–Trinajstić information content (AvgIpc) is 3.07. The molecule has 0 unspecified atom stereocenters. The summed E-state index contributed by atoms with van der Waals surface area (Å²) in [7, 11) is 1.58. The van der Waals surface area contributed by atoms with Gasteiger partial charge < -0.3 is 20.1 Å². The van der Waals surface area contributed by atoms with E-state index in [1.54, 1.807) is 27.9 Å². The highest BCUT2D eigenvalue weighted by Gasteiger charge is 2.30. The fourth-order valence-corrected chi connectivity index (χ4v) is 5.66. The van der Waals surface area contributed by atoms with Gasteiger partial charge in [-0.25, -0.2) is 0 Å².